The standard InChI is InChI=1S/C19H23BrF2O3.C12H20O.C7H2Br2F2O2.C4H9.Li/c1-3-4-12-5-7-13(8-6-12)11(2)18(23)14-9-16-17(10-15(14)20)25-19(21,22)24-16;1-3-4-11-5-7-12(8-6-11)10(2)9-13;8-3-1-5-6(2-4(3)9)13-7(10,11)12-5;1-3-4-2;/h9-10,12-13,18,23H,2-8H2,1H3;9,11-12H,2-8H2,1H3;1-2H;1,3-4H2,2H3;/q;;;-1;+1. The van der Waals surface area contributed by atoms with E-state index in [1.807, 2.05) is 0 Å². The Bertz CT molecular complexity index is 1540. The Hall–Kier alpha value is -1.49. The van der Waals surface area contributed by atoms with Crippen molar-refractivity contribution in [1.82, 2.24) is 0 Å². The summed E-state index contributed by atoms with van der Waals surface area (Å²) in [5.41, 5.74) is 2.02. The predicted molar refractivity (Wildman–Crippen MR) is 219 cm³/mol. The number of carbonyl (C=O) groups is 1. The summed E-state index contributed by atoms with van der Waals surface area (Å²) < 4.78 is 70.6. The van der Waals surface area contributed by atoms with Crippen LogP contribution in [0.2, 0.25) is 0 Å². The Morgan fingerprint density at radius 2 is 1.09 bits per heavy atom. The number of aldehydes is 1. The third-order valence-corrected chi connectivity index (χ3v) is 12.8. The average molecular weight is 978 g/mol. The zero-order valence-electron chi connectivity index (χ0n) is 32.9. The van der Waals surface area contributed by atoms with E-state index >= 15 is 0 Å². The molecule has 2 aromatic carbocycles. The maximum absolute atomic E-state index is 13.2. The van der Waals surface area contributed by atoms with Crippen molar-refractivity contribution >= 4 is 54.1 Å². The quantitative estimate of drug-likeness (QED) is 0.0639. The molecule has 14 heteroatoms. The summed E-state index contributed by atoms with van der Waals surface area (Å²) in [4.78, 5) is 10.5. The van der Waals surface area contributed by atoms with E-state index in [1.165, 1.54) is 82.1 Å². The van der Waals surface area contributed by atoms with Gasteiger partial charge in [0.05, 0.1) is 0 Å². The van der Waals surface area contributed by atoms with Gasteiger partial charge in [-0.2, -0.15) is 6.42 Å². The number of hydrogen-bond acceptors (Lipinski definition) is 6. The molecule has 2 aliphatic carbocycles. The van der Waals surface area contributed by atoms with Gasteiger partial charge >= 0.3 is 31.4 Å². The van der Waals surface area contributed by atoms with Crippen molar-refractivity contribution in [3.8, 4) is 23.0 Å². The van der Waals surface area contributed by atoms with E-state index in [1.54, 1.807) is 0 Å². The van der Waals surface area contributed by atoms with Gasteiger partial charge < -0.3 is 31.0 Å². The first-order chi connectivity index (χ1) is 26.0. The maximum Gasteiger partial charge on any atom is 1.00 e. The third-order valence-electron chi connectivity index (χ3n) is 10.3. The number of halogens is 7. The minimum atomic E-state index is -3.67. The molecule has 4 aliphatic rings. The molecule has 0 spiro atoms. The molecule has 0 radical (unpaired) electrons. The Morgan fingerprint density at radius 1 is 0.732 bits per heavy atom. The van der Waals surface area contributed by atoms with Crippen LogP contribution in [-0.4, -0.2) is 24.0 Å². The van der Waals surface area contributed by atoms with E-state index in [2.05, 4.69) is 108 Å². The van der Waals surface area contributed by atoms with Gasteiger partial charge in [0.25, 0.3) is 0 Å². The average Bonchev–Trinajstić information content (AvgIpc) is 3.62. The van der Waals surface area contributed by atoms with E-state index < -0.39 is 18.7 Å². The Kier molecular flexibility index (Phi) is 21.6. The number of aliphatic hydroxyl groups excluding tert-OH is 1. The fraction of sp³-hybridized carbons (Fsp3) is 0.571. The van der Waals surface area contributed by atoms with Crippen LogP contribution in [0, 0.1) is 30.6 Å². The first-order valence-corrected chi connectivity index (χ1v) is 21.5. The topological polar surface area (TPSA) is 74.2 Å². The van der Waals surface area contributed by atoms with E-state index in [0.717, 1.165) is 61.4 Å². The minimum absolute atomic E-state index is 0. The number of ether oxygens (including phenoxy) is 4. The molecule has 1 N–H and O–H groups in total. The van der Waals surface area contributed by atoms with Gasteiger partial charge in [0.15, 0.2) is 23.0 Å². The number of unbranched alkanes of at least 4 members (excludes halogenated alkanes) is 1. The zero-order chi connectivity index (χ0) is 40.9. The molecular weight excluding hydrogens is 923 g/mol. The smallest absolute Gasteiger partial charge is 0.395 e. The van der Waals surface area contributed by atoms with Gasteiger partial charge in [-0.05, 0) is 142 Å². The summed E-state index contributed by atoms with van der Waals surface area (Å²) in [6.45, 7) is 18.1. The molecule has 2 fully saturated rings. The molecule has 6 nitrogen and oxygen atoms in total. The van der Waals surface area contributed by atoms with E-state index in [4.69, 9.17) is 0 Å². The largest absolute Gasteiger partial charge is 1.00 e. The molecule has 2 aliphatic heterocycles. The van der Waals surface area contributed by atoms with Crippen LogP contribution in [0.1, 0.15) is 122 Å². The van der Waals surface area contributed by atoms with Crippen LogP contribution in [0.25, 0.3) is 0 Å². The summed E-state index contributed by atoms with van der Waals surface area (Å²) in [7, 11) is 0. The van der Waals surface area contributed by atoms with Gasteiger partial charge in [-0.15, -0.1) is 17.6 Å². The predicted octanol–water partition coefficient (Wildman–Crippen LogP) is 11.5. The Morgan fingerprint density at radius 3 is 1.45 bits per heavy atom. The van der Waals surface area contributed by atoms with E-state index in [9.17, 15) is 27.5 Å². The Balaban J connectivity index is 0.000000296. The van der Waals surface area contributed by atoms with Gasteiger partial charge in [0, 0.05) is 19.0 Å². The van der Waals surface area contributed by atoms with Crippen molar-refractivity contribution in [1.29, 1.82) is 0 Å². The summed E-state index contributed by atoms with van der Waals surface area (Å²) in [5, 5.41) is 10.7. The molecule has 0 saturated heterocycles. The number of allylic oxidation sites excluding steroid dienone is 1. The van der Waals surface area contributed by atoms with Gasteiger partial charge in [-0.25, -0.2) is 0 Å². The second kappa shape index (κ2) is 23.9. The molecule has 56 heavy (non-hydrogen) atoms. The fourth-order valence-electron chi connectivity index (χ4n) is 7.12. The van der Waals surface area contributed by atoms with Gasteiger partial charge in [0.1, 0.15) is 12.4 Å². The van der Waals surface area contributed by atoms with Gasteiger partial charge in [0.2, 0.25) is 0 Å². The van der Waals surface area contributed by atoms with Crippen molar-refractivity contribution in [3.05, 3.63) is 74.5 Å². The number of rotatable bonds is 10. The molecule has 1 atom stereocenters. The fourth-order valence-corrected chi connectivity index (χ4v) is 8.31. The Labute approximate surface area is 367 Å². The second-order valence-corrected chi connectivity index (χ2v) is 17.0. The first-order valence-electron chi connectivity index (χ1n) is 19.1. The SMILES string of the molecule is C=C(C1CCC(CCC)CC1)C(O)c1cc2c(cc1Br)OC(F)(F)O2.C=C(C=O)C1CCC(CCC)CC1.FC1(F)Oc2cc(Br)c(Br)cc2O1.[CH2-]CCC.[Li+]. The first kappa shape index (κ1) is 50.7. The van der Waals surface area contributed by atoms with Crippen molar-refractivity contribution in [3.63, 3.8) is 0 Å². The summed E-state index contributed by atoms with van der Waals surface area (Å²) in [5.74, 6) is 2.37. The monoisotopic (exact) mass is 974 g/mol. The molecule has 2 saturated carbocycles. The summed E-state index contributed by atoms with van der Waals surface area (Å²) in [6, 6.07) is 5.64. The minimum Gasteiger partial charge on any atom is -0.395 e. The molecule has 2 heterocycles. The summed E-state index contributed by atoms with van der Waals surface area (Å²) >= 11 is 9.65. The van der Waals surface area contributed by atoms with Crippen LogP contribution < -0.4 is 37.8 Å². The van der Waals surface area contributed by atoms with Crippen LogP contribution in [0.3, 0.4) is 0 Å². The third kappa shape index (κ3) is 15.3. The number of carbonyl (C=O) groups excluding carboxylic acids is 1. The van der Waals surface area contributed by atoms with Crippen LogP contribution >= 0.6 is 47.8 Å². The van der Waals surface area contributed by atoms with Gasteiger partial charge in [-0.1, -0.05) is 82.0 Å². The number of benzene rings is 2. The molecule has 0 amide bonds. The van der Waals surface area contributed by atoms with Crippen molar-refractivity contribution in [2.24, 2.45) is 23.7 Å². The number of alkyl halides is 4. The second-order valence-electron chi connectivity index (χ2n) is 14.4. The molecule has 0 bridgehead atoms. The van der Waals surface area contributed by atoms with Crippen molar-refractivity contribution < 1.29 is 65.3 Å². The van der Waals surface area contributed by atoms with Crippen LogP contribution in [0.4, 0.5) is 17.6 Å². The number of hydrogen-bond donors (Lipinski definition) is 1. The van der Waals surface area contributed by atoms with E-state index in [-0.39, 0.29) is 47.8 Å². The normalized spacial score (nSPS) is 22.6. The number of aliphatic hydroxyl groups is 1. The molecule has 0 aromatic heterocycles. The molecule has 2 aromatic rings. The number of fused-ring (bicyclic) bond motifs is 2. The molecule has 1 unspecified atom stereocenters. The van der Waals surface area contributed by atoms with Gasteiger partial charge in [-0.3, -0.25) is 4.79 Å². The maximum atomic E-state index is 13.2. The van der Waals surface area contributed by atoms with Crippen molar-refractivity contribution in [2.75, 3.05) is 0 Å². The van der Waals surface area contributed by atoms with Crippen molar-refractivity contribution in [2.45, 2.75) is 129 Å². The molecule has 6 rings (SSSR count). The van der Waals surface area contributed by atoms with Crippen LogP contribution in [0.15, 0.2) is 62.0 Å². The zero-order valence-corrected chi connectivity index (χ0v) is 37.7. The molecule has 308 valence electrons. The van der Waals surface area contributed by atoms with Crippen LogP contribution in [-0.2, 0) is 4.79 Å². The van der Waals surface area contributed by atoms with E-state index in [0.29, 0.717) is 24.9 Å². The molecular formula is C42H54Br3F4LiO6. The van der Waals surface area contributed by atoms with Crippen LogP contribution in [0.5, 0.6) is 23.0 Å². The summed E-state index contributed by atoms with van der Waals surface area (Å²) in [6.07, 6.45) is 9.47.